The molecule has 2 N–H and O–H groups in total. The number of nitrogens with one attached hydrogen (secondary N) is 2. The standard InChI is InChI=1S/C13H20BrFN2O3S/c1-4-20-8-9(2)17-21(18,19)12-6-11(14)5-10(7-16-3)13(12)15/h5-6,9,16-17H,4,7-8H2,1-3H3. The molecule has 0 spiro atoms. The Kier molecular flexibility index (Phi) is 7.22. The molecule has 5 nitrogen and oxygen atoms in total. The first kappa shape index (κ1) is 18.5. The molecule has 0 aliphatic heterocycles. The van der Waals surface area contributed by atoms with Crippen molar-refractivity contribution in [3.63, 3.8) is 0 Å². The van der Waals surface area contributed by atoms with Crippen molar-refractivity contribution in [3.8, 4) is 0 Å². The summed E-state index contributed by atoms with van der Waals surface area (Å²) in [4.78, 5) is -0.370. The van der Waals surface area contributed by atoms with Gasteiger partial charge in [-0.3, -0.25) is 0 Å². The van der Waals surface area contributed by atoms with Crippen LogP contribution in [0, 0.1) is 5.82 Å². The summed E-state index contributed by atoms with van der Waals surface area (Å²) >= 11 is 3.21. The van der Waals surface area contributed by atoms with E-state index in [2.05, 4.69) is 26.0 Å². The van der Waals surface area contributed by atoms with E-state index in [4.69, 9.17) is 4.74 Å². The Morgan fingerprint density at radius 2 is 2.10 bits per heavy atom. The minimum atomic E-state index is -3.95. The highest BCUT2D eigenvalue weighted by Crippen LogP contribution is 2.24. The Morgan fingerprint density at radius 3 is 2.67 bits per heavy atom. The average molecular weight is 383 g/mol. The fraction of sp³-hybridized carbons (Fsp3) is 0.538. The van der Waals surface area contributed by atoms with Gasteiger partial charge in [0.05, 0.1) is 6.61 Å². The largest absolute Gasteiger partial charge is 0.380 e. The lowest BCUT2D eigenvalue weighted by Gasteiger charge is -2.16. The predicted octanol–water partition coefficient (Wildman–Crippen LogP) is 2.01. The zero-order valence-corrected chi connectivity index (χ0v) is 14.6. The summed E-state index contributed by atoms with van der Waals surface area (Å²) in [6, 6.07) is 2.36. The first-order valence-corrected chi connectivity index (χ1v) is 8.82. The highest BCUT2D eigenvalue weighted by Gasteiger charge is 2.24. The van der Waals surface area contributed by atoms with E-state index in [0.717, 1.165) is 0 Å². The van der Waals surface area contributed by atoms with E-state index in [1.165, 1.54) is 6.07 Å². The molecular formula is C13H20BrFN2O3S. The maximum atomic E-state index is 14.3. The lowest BCUT2D eigenvalue weighted by atomic mass is 10.2. The van der Waals surface area contributed by atoms with E-state index in [-0.39, 0.29) is 23.6 Å². The molecule has 0 aliphatic rings. The van der Waals surface area contributed by atoms with Gasteiger partial charge < -0.3 is 10.1 Å². The molecule has 120 valence electrons. The smallest absolute Gasteiger partial charge is 0.243 e. The van der Waals surface area contributed by atoms with Crippen LogP contribution in [-0.4, -0.2) is 34.7 Å². The van der Waals surface area contributed by atoms with Gasteiger partial charge in [0.2, 0.25) is 10.0 Å². The van der Waals surface area contributed by atoms with E-state index in [0.29, 0.717) is 11.1 Å². The molecule has 21 heavy (non-hydrogen) atoms. The third-order valence-electron chi connectivity index (χ3n) is 2.66. The van der Waals surface area contributed by atoms with E-state index in [1.807, 2.05) is 6.92 Å². The summed E-state index contributed by atoms with van der Waals surface area (Å²) < 4.78 is 47.0. The second kappa shape index (κ2) is 8.19. The minimum Gasteiger partial charge on any atom is -0.380 e. The molecule has 1 aromatic carbocycles. The van der Waals surface area contributed by atoms with Crippen molar-refractivity contribution in [1.82, 2.24) is 10.0 Å². The number of hydrogen-bond acceptors (Lipinski definition) is 4. The summed E-state index contributed by atoms with van der Waals surface area (Å²) in [5.74, 6) is -0.747. The third-order valence-corrected chi connectivity index (χ3v) is 4.71. The van der Waals surface area contributed by atoms with Gasteiger partial charge >= 0.3 is 0 Å². The Labute approximate surface area is 133 Å². The van der Waals surface area contributed by atoms with Gasteiger partial charge in [-0.25, -0.2) is 17.5 Å². The molecular weight excluding hydrogens is 363 g/mol. The molecule has 0 aromatic heterocycles. The van der Waals surface area contributed by atoms with Crippen LogP contribution in [0.2, 0.25) is 0 Å². The van der Waals surface area contributed by atoms with E-state index in [1.54, 1.807) is 20.0 Å². The normalized spacial score (nSPS) is 13.4. The second-order valence-corrected chi connectivity index (χ2v) is 7.19. The van der Waals surface area contributed by atoms with Crippen molar-refractivity contribution in [2.45, 2.75) is 31.3 Å². The molecule has 8 heteroatoms. The number of halogens is 2. The highest BCUT2D eigenvalue weighted by atomic mass is 79.9. The number of sulfonamides is 1. The summed E-state index contributed by atoms with van der Waals surface area (Å²) in [5.41, 5.74) is 0.282. The molecule has 1 rings (SSSR count). The Morgan fingerprint density at radius 1 is 1.43 bits per heavy atom. The molecule has 1 atom stereocenters. The quantitative estimate of drug-likeness (QED) is 0.721. The van der Waals surface area contributed by atoms with Gasteiger partial charge in [-0.2, -0.15) is 0 Å². The maximum Gasteiger partial charge on any atom is 0.243 e. The van der Waals surface area contributed by atoms with Crippen molar-refractivity contribution in [2.75, 3.05) is 20.3 Å². The van der Waals surface area contributed by atoms with Gasteiger partial charge in [-0.1, -0.05) is 15.9 Å². The first-order chi connectivity index (χ1) is 9.81. The number of benzene rings is 1. The molecule has 1 unspecified atom stereocenters. The van der Waals surface area contributed by atoms with Crippen LogP contribution in [-0.2, 0) is 21.3 Å². The van der Waals surface area contributed by atoms with Gasteiger partial charge in [-0.15, -0.1) is 0 Å². The summed E-state index contributed by atoms with van der Waals surface area (Å²) in [5, 5.41) is 2.80. The van der Waals surface area contributed by atoms with Gasteiger partial charge in [0, 0.05) is 29.2 Å². The van der Waals surface area contributed by atoms with Gasteiger partial charge in [0.15, 0.2) is 0 Å². The zero-order valence-electron chi connectivity index (χ0n) is 12.2. The monoisotopic (exact) mass is 382 g/mol. The number of ether oxygens (including phenoxy) is 1. The van der Waals surface area contributed by atoms with Crippen molar-refractivity contribution < 1.29 is 17.5 Å². The molecule has 0 saturated heterocycles. The molecule has 0 saturated carbocycles. The Hall–Kier alpha value is -0.540. The lowest BCUT2D eigenvalue weighted by Crippen LogP contribution is -2.36. The van der Waals surface area contributed by atoms with Crippen LogP contribution in [0.5, 0.6) is 0 Å². The molecule has 0 heterocycles. The predicted molar refractivity (Wildman–Crippen MR) is 83.1 cm³/mol. The zero-order chi connectivity index (χ0) is 16.0. The van der Waals surface area contributed by atoms with Crippen LogP contribution in [0.3, 0.4) is 0 Å². The second-order valence-electron chi connectivity index (χ2n) is 4.59. The summed E-state index contributed by atoms with van der Waals surface area (Å²) in [6.45, 7) is 4.44. The summed E-state index contributed by atoms with van der Waals surface area (Å²) in [6.07, 6.45) is 0. The van der Waals surface area contributed by atoms with Crippen LogP contribution in [0.1, 0.15) is 19.4 Å². The van der Waals surface area contributed by atoms with Gasteiger partial charge in [0.1, 0.15) is 10.7 Å². The Bertz CT molecular complexity index is 581. The van der Waals surface area contributed by atoms with E-state index >= 15 is 0 Å². The van der Waals surface area contributed by atoms with Crippen LogP contribution >= 0.6 is 15.9 Å². The van der Waals surface area contributed by atoms with E-state index in [9.17, 15) is 12.8 Å². The van der Waals surface area contributed by atoms with Gasteiger partial charge in [0.25, 0.3) is 0 Å². The average Bonchev–Trinajstić information content (AvgIpc) is 2.39. The van der Waals surface area contributed by atoms with Gasteiger partial charge in [-0.05, 0) is 33.0 Å². The fourth-order valence-electron chi connectivity index (χ4n) is 1.79. The van der Waals surface area contributed by atoms with Crippen molar-refractivity contribution in [1.29, 1.82) is 0 Å². The van der Waals surface area contributed by atoms with E-state index < -0.39 is 21.9 Å². The molecule has 1 aromatic rings. The molecule has 0 bridgehead atoms. The molecule has 0 amide bonds. The number of hydrogen-bond donors (Lipinski definition) is 2. The van der Waals surface area contributed by atoms with Crippen LogP contribution in [0.4, 0.5) is 4.39 Å². The maximum absolute atomic E-state index is 14.3. The topological polar surface area (TPSA) is 67.4 Å². The Balaban J connectivity index is 3.07. The third kappa shape index (κ3) is 5.30. The molecule has 0 aliphatic carbocycles. The first-order valence-electron chi connectivity index (χ1n) is 6.54. The summed E-state index contributed by atoms with van der Waals surface area (Å²) in [7, 11) is -2.28. The highest BCUT2D eigenvalue weighted by molar-refractivity contribution is 9.10. The minimum absolute atomic E-state index is 0.231. The SMILES string of the molecule is CCOCC(C)NS(=O)(=O)c1cc(Br)cc(CNC)c1F. The van der Waals surface area contributed by atoms with Crippen LogP contribution in [0.15, 0.2) is 21.5 Å². The lowest BCUT2D eigenvalue weighted by molar-refractivity contribution is 0.133. The van der Waals surface area contributed by atoms with Crippen molar-refractivity contribution >= 4 is 26.0 Å². The molecule has 0 fully saturated rings. The van der Waals surface area contributed by atoms with Crippen molar-refractivity contribution in [3.05, 3.63) is 28.0 Å². The van der Waals surface area contributed by atoms with Crippen LogP contribution in [0.25, 0.3) is 0 Å². The number of rotatable bonds is 8. The van der Waals surface area contributed by atoms with Crippen LogP contribution < -0.4 is 10.0 Å². The van der Waals surface area contributed by atoms with Crippen molar-refractivity contribution in [2.24, 2.45) is 0 Å². The fourth-order valence-corrected chi connectivity index (χ4v) is 3.82. The molecule has 0 radical (unpaired) electrons.